The summed E-state index contributed by atoms with van der Waals surface area (Å²) in [5.74, 6) is 0. The fraction of sp³-hybridized carbons (Fsp3) is 0.647. The predicted octanol–water partition coefficient (Wildman–Crippen LogP) is 11.0. The molecule has 200 valence electrons. The summed E-state index contributed by atoms with van der Waals surface area (Å²) in [5.41, 5.74) is 11.4. The molecule has 36 heavy (non-hydrogen) atoms. The molecule has 2 N–H and O–H groups in total. The van der Waals surface area contributed by atoms with Crippen LogP contribution in [0.5, 0.6) is 0 Å². The van der Waals surface area contributed by atoms with Crippen molar-refractivity contribution >= 4 is 27.5 Å². The van der Waals surface area contributed by atoms with E-state index in [0.717, 1.165) is 12.2 Å². The lowest BCUT2D eigenvalue weighted by atomic mass is 10.0. The van der Waals surface area contributed by atoms with Gasteiger partial charge in [-0.25, -0.2) is 0 Å². The van der Waals surface area contributed by atoms with Gasteiger partial charge < -0.3 is 10.3 Å². The zero-order chi connectivity index (χ0) is 25.4. The second kappa shape index (κ2) is 16.7. The van der Waals surface area contributed by atoms with E-state index in [1.165, 1.54) is 149 Å². The van der Waals surface area contributed by atoms with E-state index in [1.807, 2.05) is 0 Å². The monoisotopic (exact) mass is 490 g/mol. The van der Waals surface area contributed by atoms with Crippen molar-refractivity contribution < 1.29 is 0 Å². The van der Waals surface area contributed by atoms with Gasteiger partial charge >= 0.3 is 0 Å². The molecule has 0 bridgehead atoms. The van der Waals surface area contributed by atoms with Gasteiger partial charge in [0.15, 0.2) is 0 Å². The molecule has 2 aromatic carbocycles. The quantitative estimate of drug-likeness (QED) is 0.124. The molecule has 0 aliphatic carbocycles. The molecule has 3 rings (SSSR count). The fourth-order valence-electron chi connectivity index (χ4n) is 5.90. The van der Waals surface area contributed by atoms with Crippen LogP contribution < -0.4 is 5.73 Å². The Hall–Kier alpha value is -1.96. The molecular weight excluding hydrogens is 436 g/mol. The number of nitrogen functional groups attached to an aromatic ring is 1. The Kier molecular flexibility index (Phi) is 13.3. The molecule has 1 aromatic heterocycles. The molecule has 2 heteroatoms. The predicted molar refractivity (Wildman–Crippen MR) is 162 cm³/mol. The summed E-state index contributed by atoms with van der Waals surface area (Å²) in [5, 5.41) is 2.79. The highest BCUT2D eigenvalue weighted by molar-refractivity contribution is 6.10. The largest absolute Gasteiger partial charge is 0.399 e. The van der Waals surface area contributed by atoms with Gasteiger partial charge in [-0.15, -0.1) is 0 Å². The first-order valence-electron chi connectivity index (χ1n) is 15.6. The van der Waals surface area contributed by atoms with Crippen molar-refractivity contribution in [3.8, 4) is 0 Å². The highest BCUT2D eigenvalue weighted by Crippen LogP contribution is 2.34. The summed E-state index contributed by atoms with van der Waals surface area (Å²) in [4.78, 5) is 0. The maximum atomic E-state index is 6.24. The number of nitrogens with zero attached hydrogens (tertiary/aromatic N) is 1. The number of aryl methyl sites for hydroxylation is 2. The van der Waals surface area contributed by atoms with Crippen LogP contribution in [0.1, 0.15) is 135 Å². The van der Waals surface area contributed by atoms with Crippen LogP contribution in [-0.2, 0) is 13.0 Å². The Labute approximate surface area is 222 Å². The topological polar surface area (TPSA) is 30.9 Å². The number of nitrogens with two attached hydrogens (primary N) is 1. The summed E-state index contributed by atoms with van der Waals surface area (Å²) in [6.45, 7) is 5.70. The van der Waals surface area contributed by atoms with Crippen molar-refractivity contribution in [1.29, 1.82) is 0 Å². The maximum absolute atomic E-state index is 6.24. The zero-order valence-corrected chi connectivity index (χ0v) is 23.6. The van der Waals surface area contributed by atoms with E-state index < -0.39 is 0 Å². The van der Waals surface area contributed by atoms with Gasteiger partial charge in [-0.05, 0) is 49.1 Å². The first kappa shape index (κ1) is 28.6. The summed E-state index contributed by atoms with van der Waals surface area (Å²) >= 11 is 0. The molecule has 0 saturated heterocycles. The van der Waals surface area contributed by atoms with Gasteiger partial charge in [0.05, 0.1) is 0 Å². The minimum atomic E-state index is 0.874. The minimum Gasteiger partial charge on any atom is -0.399 e. The van der Waals surface area contributed by atoms with Gasteiger partial charge in [0.2, 0.25) is 0 Å². The van der Waals surface area contributed by atoms with Gasteiger partial charge in [-0.3, -0.25) is 0 Å². The van der Waals surface area contributed by atoms with E-state index in [9.17, 15) is 0 Å². The lowest BCUT2D eigenvalue weighted by Crippen LogP contribution is -1.98. The Balaban J connectivity index is 1.45. The number of rotatable bonds is 20. The molecule has 0 saturated carbocycles. The molecule has 0 spiro atoms. The highest BCUT2D eigenvalue weighted by atomic mass is 15.0. The van der Waals surface area contributed by atoms with Crippen molar-refractivity contribution in [2.24, 2.45) is 0 Å². The Morgan fingerprint density at radius 1 is 0.583 bits per heavy atom. The number of hydrogen-bond acceptors (Lipinski definition) is 1. The van der Waals surface area contributed by atoms with E-state index in [1.54, 1.807) is 0 Å². The third-order valence-electron chi connectivity index (χ3n) is 8.04. The normalized spacial score (nSPS) is 11.7. The van der Waals surface area contributed by atoms with Crippen molar-refractivity contribution in [2.75, 3.05) is 5.73 Å². The van der Waals surface area contributed by atoms with Crippen molar-refractivity contribution in [3.05, 3.63) is 42.0 Å². The molecule has 3 aromatic rings. The Morgan fingerprint density at radius 2 is 1.14 bits per heavy atom. The van der Waals surface area contributed by atoms with E-state index in [0.29, 0.717) is 0 Å². The third kappa shape index (κ3) is 8.86. The Bertz CT molecular complexity index is 999. The molecule has 0 unspecified atom stereocenters. The molecule has 0 fully saturated rings. The average molecular weight is 491 g/mol. The molecule has 0 amide bonds. The number of anilines is 1. The minimum absolute atomic E-state index is 0.874. The van der Waals surface area contributed by atoms with Crippen LogP contribution >= 0.6 is 0 Å². The number of aromatic nitrogens is 1. The second-order valence-electron chi connectivity index (χ2n) is 11.1. The molecule has 2 nitrogen and oxygen atoms in total. The third-order valence-corrected chi connectivity index (χ3v) is 8.04. The molecule has 0 aliphatic heterocycles. The van der Waals surface area contributed by atoms with Crippen molar-refractivity contribution in [3.63, 3.8) is 0 Å². The SMILES string of the molecule is CCCCCCCCCCCCCCCCn1c2ccc(N)cc2c2c(CCCCCC)cccc21. The molecule has 0 atom stereocenters. The number of unbranched alkanes of at least 4 members (excludes halogenated alkanes) is 16. The maximum Gasteiger partial charge on any atom is 0.0494 e. The molecule has 0 radical (unpaired) electrons. The fourth-order valence-corrected chi connectivity index (χ4v) is 5.90. The smallest absolute Gasteiger partial charge is 0.0494 e. The van der Waals surface area contributed by atoms with E-state index in [-0.39, 0.29) is 0 Å². The van der Waals surface area contributed by atoms with Crippen LogP contribution in [0.4, 0.5) is 5.69 Å². The molecular formula is C34H54N2. The first-order valence-corrected chi connectivity index (χ1v) is 15.6. The second-order valence-corrected chi connectivity index (χ2v) is 11.1. The van der Waals surface area contributed by atoms with Crippen LogP contribution in [0.25, 0.3) is 21.8 Å². The lowest BCUT2D eigenvalue weighted by molar-refractivity contribution is 0.528. The highest BCUT2D eigenvalue weighted by Gasteiger charge is 2.14. The van der Waals surface area contributed by atoms with E-state index in [2.05, 4.69) is 54.8 Å². The van der Waals surface area contributed by atoms with Crippen LogP contribution in [0, 0.1) is 0 Å². The van der Waals surface area contributed by atoms with Gasteiger partial charge in [0.1, 0.15) is 0 Å². The van der Waals surface area contributed by atoms with Crippen LogP contribution in [0.15, 0.2) is 36.4 Å². The number of fused-ring (bicyclic) bond motifs is 3. The van der Waals surface area contributed by atoms with Crippen molar-refractivity contribution in [1.82, 2.24) is 4.57 Å². The molecule has 0 aliphatic rings. The van der Waals surface area contributed by atoms with E-state index in [4.69, 9.17) is 5.73 Å². The summed E-state index contributed by atoms with van der Waals surface area (Å²) in [7, 11) is 0. The van der Waals surface area contributed by atoms with Gasteiger partial charge in [0.25, 0.3) is 0 Å². The summed E-state index contributed by atoms with van der Waals surface area (Å²) in [6, 6.07) is 13.5. The van der Waals surface area contributed by atoms with Gasteiger partial charge in [-0.2, -0.15) is 0 Å². The van der Waals surface area contributed by atoms with Gasteiger partial charge in [0, 0.05) is 34.0 Å². The van der Waals surface area contributed by atoms with Crippen LogP contribution in [0.3, 0.4) is 0 Å². The van der Waals surface area contributed by atoms with Gasteiger partial charge in [-0.1, -0.05) is 129 Å². The Morgan fingerprint density at radius 3 is 1.75 bits per heavy atom. The number of benzene rings is 2. The summed E-state index contributed by atoms with van der Waals surface area (Å²) in [6.07, 6.45) is 26.1. The zero-order valence-electron chi connectivity index (χ0n) is 23.6. The van der Waals surface area contributed by atoms with Crippen LogP contribution in [0.2, 0.25) is 0 Å². The lowest BCUT2D eigenvalue weighted by Gasteiger charge is -2.09. The van der Waals surface area contributed by atoms with E-state index >= 15 is 0 Å². The van der Waals surface area contributed by atoms with Crippen LogP contribution in [-0.4, -0.2) is 4.57 Å². The first-order chi connectivity index (χ1) is 17.8. The number of hydrogen-bond donors (Lipinski definition) is 1. The summed E-state index contributed by atoms with van der Waals surface area (Å²) < 4.78 is 2.57. The molecule has 1 heterocycles. The van der Waals surface area contributed by atoms with Crippen molar-refractivity contribution in [2.45, 2.75) is 142 Å². The average Bonchev–Trinajstić information content (AvgIpc) is 3.20. The standard InChI is InChI=1S/C34H54N2/c1-3-5-7-9-10-11-12-13-14-15-16-17-18-20-27-36-32-26-25-30(35)28-31(32)34-29(22-19-8-6-4-2)23-21-24-33(34)36/h21,23-26,28H,3-20,22,27,35H2,1-2H3.